The largest absolute Gasteiger partial charge is 0.370 e. The molecule has 2 aromatic carbocycles. The first-order valence-corrected chi connectivity index (χ1v) is 8.96. The van der Waals surface area contributed by atoms with Gasteiger partial charge in [0.1, 0.15) is 16.9 Å². The molecule has 0 saturated carbocycles. The van der Waals surface area contributed by atoms with E-state index in [4.69, 9.17) is 16.3 Å². The van der Waals surface area contributed by atoms with Crippen molar-refractivity contribution in [2.24, 2.45) is 0 Å². The summed E-state index contributed by atoms with van der Waals surface area (Å²) in [6.45, 7) is 1.57. The summed E-state index contributed by atoms with van der Waals surface area (Å²) >= 11 is 6.39. The average molecular weight is 386 g/mol. The Labute approximate surface area is 160 Å². The van der Waals surface area contributed by atoms with Crippen LogP contribution in [0.4, 0.5) is 10.1 Å². The molecule has 3 aromatic rings. The Bertz CT molecular complexity index is 992. The van der Waals surface area contributed by atoms with Crippen LogP contribution in [0, 0.1) is 5.82 Å². The lowest BCUT2D eigenvalue weighted by atomic mass is 10.1. The molecule has 2 heterocycles. The molecule has 1 unspecified atom stereocenters. The zero-order chi connectivity index (χ0) is 18.8. The molecule has 0 spiro atoms. The van der Waals surface area contributed by atoms with E-state index in [1.165, 1.54) is 16.8 Å². The Balaban J connectivity index is 1.62. The van der Waals surface area contributed by atoms with E-state index in [0.29, 0.717) is 31.1 Å². The number of para-hydroxylation sites is 1. The summed E-state index contributed by atoms with van der Waals surface area (Å²) in [5.74, 6) is -0.289. The Morgan fingerprint density at radius 1 is 1.11 bits per heavy atom. The van der Waals surface area contributed by atoms with Crippen molar-refractivity contribution in [1.82, 2.24) is 9.78 Å². The number of nitrogens with zero attached hydrogens (tertiary/aromatic N) is 3. The van der Waals surface area contributed by atoms with Crippen molar-refractivity contribution in [1.29, 1.82) is 0 Å². The number of aromatic nitrogens is 2. The highest BCUT2D eigenvalue weighted by Gasteiger charge is 2.25. The molecule has 0 bridgehead atoms. The minimum atomic E-state index is -0.370. The molecule has 1 aliphatic heterocycles. The van der Waals surface area contributed by atoms with Crippen molar-refractivity contribution in [3.63, 3.8) is 0 Å². The van der Waals surface area contributed by atoms with Crippen LogP contribution in [-0.2, 0) is 4.74 Å². The molecule has 1 saturated heterocycles. The van der Waals surface area contributed by atoms with Gasteiger partial charge >= 0.3 is 0 Å². The first-order chi connectivity index (χ1) is 13.1. The van der Waals surface area contributed by atoms with Gasteiger partial charge in [-0.1, -0.05) is 41.9 Å². The van der Waals surface area contributed by atoms with Crippen molar-refractivity contribution in [2.45, 2.75) is 6.10 Å². The first-order valence-electron chi connectivity index (χ1n) is 8.59. The molecule has 0 radical (unpaired) electrons. The summed E-state index contributed by atoms with van der Waals surface area (Å²) in [4.78, 5) is 14.7. The average Bonchev–Trinajstić information content (AvgIpc) is 2.71. The number of halogens is 2. The number of hydrogen-bond acceptors (Lipinski definition) is 4. The van der Waals surface area contributed by atoms with Crippen LogP contribution >= 0.6 is 11.6 Å². The number of ether oxygens (including phenoxy) is 1. The van der Waals surface area contributed by atoms with E-state index in [1.54, 1.807) is 30.5 Å². The predicted octanol–water partition coefficient (Wildman–Crippen LogP) is 3.60. The summed E-state index contributed by atoms with van der Waals surface area (Å²) in [5, 5.41) is 4.40. The van der Waals surface area contributed by atoms with E-state index < -0.39 is 0 Å². The predicted molar refractivity (Wildman–Crippen MR) is 102 cm³/mol. The maximum absolute atomic E-state index is 13.2. The van der Waals surface area contributed by atoms with E-state index in [0.717, 1.165) is 5.56 Å². The summed E-state index contributed by atoms with van der Waals surface area (Å²) < 4.78 is 20.2. The Morgan fingerprint density at radius 3 is 2.59 bits per heavy atom. The van der Waals surface area contributed by atoms with Gasteiger partial charge in [-0.15, -0.1) is 0 Å². The highest BCUT2D eigenvalue weighted by atomic mass is 35.5. The van der Waals surface area contributed by atoms with Crippen LogP contribution in [0.25, 0.3) is 5.69 Å². The highest BCUT2D eigenvalue weighted by molar-refractivity contribution is 6.33. The third-order valence-corrected chi connectivity index (χ3v) is 4.91. The Hall–Kier alpha value is -2.70. The SMILES string of the molecule is O=c1c(Cl)c(N2CCOC(c3ccc(F)cc3)C2)cnn1-c1ccccc1. The third-order valence-electron chi connectivity index (χ3n) is 4.55. The van der Waals surface area contributed by atoms with Crippen molar-refractivity contribution >= 4 is 17.3 Å². The molecule has 0 N–H and O–H groups in total. The molecular formula is C20H17ClFN3O2. The van der Waals surface area contributed by atoms with Gasteiger partial charge in [0.25, 0.3) is 5.56 Å². The molecule has 1 atom stereocenters. The summed E-state index contributed by atoms with van der Waals surface area (Å²) in [5.41, 5.74) is 1.74. The second-order valence-electron chi connectivity index (χ2n) is 6.25. The monoisotopic (exact) mass is 385 g/mol. The number of anilines is 1. The number of benzene rings is 2. The second-order valence-corrected chi connectivity index (χ2v) is 6.63. The van der Waals surface area contributed by atoms with Crippen LogP contribution in [-0.4, -0.2) is 29.5 Å². The standard InChI is InChI=1S/C20H17ClFN3O2/c21-19-17(12-23-25(20(19)26)16-4-2-1-3-5-16)24-10-11-27-18(13-24)14-6-8-15(22)9-7-14/h1-9,12,18H,10-11,13H2. The summed E-state index contributed by atoms with van der Waals surface area (Å²) in [6, 6.07) is 15.4. The fraction of sp³-hybridized carbons (Fsp3) is 0.200. The van der Waals surface area contributed by atoms with Crippen LogP contribution in [0.2, 0.25) is 5.02 Å². The van der Waals surface area contributed by atoms with Gasteiger partial charge in [0, 0.05) is 13.1 Å². The maximum Gasteiger partial charge on any atom is 0.292 e. The summed E-state index contributed by atoms with van der Waals surface area (Å²) in [6.07, 6.45) is 1.37. The lowest BCUT2D eigenvalue weighted by molar-refractivity contribution is 0.0397. The molecule has 0 aliphatic carbocycles. The van der Waals surface area contributed by atoms with Crippen molar-refractivity contribution in [3.8, 4) is 5.69 Å². The lowest BCUT2D eigenvalue weighted by Gasteiger charge is -2.34. The van der Waals surface area contributed by atoms with Gasteiger partial charge in [0.05, 0.1) is 24.2 Å². The van der Waals surface area contributed by atoms with Crippen LogP contribution < -0.4 is 10.5 Å². The molecule has 0 amide bonds. The second kappa shape index (κ2) is 7.50. The van der Waals surface area contributed by atoms with Gasteiger partial charge in [0.15, 0.2) is 0 Å². The maximum atomic E-state index is 13.2. The fourth-order valence-corrected chi connectivity index (χ4v) is 3.39. The van der Waals surface area contributed by atoms with Crippen molar-refractivity contribution in [2.75, 3.05) is 24.6 Å². The van der Waals surface area contributed by atoms with Crippen LogP contribution in [0.5, 0.6) is 0 Å². The van der Waals surface area contributed by atoms with E-state index in [1.807, 2.05) is 23.1 Å². The van der Waals surface area contributed by atoms with Gasteiger partial charge in [-0.3, -0.25) is 4.79 Å². The molecule has 1 aromatic heterocycles. The van der Waals surface area contributed by atoms with Gasteiger partial charge in [-0.2, -0.15) is 9.78 Å². The van der Waals surface area contributed by atoms with Crippen molar-refractivity contribution < 1.29 is 9.13 Å². The molecule has 7 heteroatoms. The highest BCUT2D eigenvalue weighted by Crippen LogP contribution is 2.29. The Kier molecular flexibility index (Phi) is 4.92. The lowest BCUT2D eigenvalue weighted by Crippen LogP contribution is -2.39. The van der Waals surface area contributed by atoms with E-state index >= 15 is 0 Å². The minimum Gasteiger partial charge on any atom is -0.370 e. The molecule has 138 valence electrons. The van der Waals surface area contributed by atoms with Crippen LogP contribution in [0.3, 0.4) is 0 Å². The quantitative estimate of drug-likeness (QED) is 0.691. The molecule has 5 nitrogen and oxygen atoms in total. The third kappa shape index (κ3) is 3.59. The van der Waals surface area contributed by atoms with Gasteiger partial charge in [0.2, 0.25) is 0 Å². The normalized spacial score (nSPS) is 17.1. The van der Waals surface area contributed by atoms with Crippen LogP contribution in [0.15, 0.2) is 65.6 Å². The minimum absolute atomic E-state index is 0.119. The molecular weight excluding hydrogens is 369 g/mol. The summed E-state index contributed by atoms with van der Waals surface area (Å²) in [7, 11) is 0. The zero-order valence-corrected chi connectivity index (χ0v) is 15.1. The topological polar surface area (TPSA) is 47.4 Å². The molecule has 1 aliphatic rings. The molecule has 27 heavy (non-hydrogen) atoms. The van der Waals surface area contributed by atoms with Gasteiger partial charge in [-0.05, 0) is 29.8 Å². The van der Waals surface area contributed by atoms with Crippen LogP contribution in [0.1, 0.15) is 11.7 Å². The first kappa shape index (κ1) is 17.7. The van der Waals surface area contributed by atoms with E-state index in [2.05, 4.69) is 5.10 Å². The molecule has 1 fully saturated rings. The Morgan fingerprint density at radius 2 is 1.85 bits per heavy atom. The number of morpholine rings is 1. The van der Waals surface area contributed by atoms with E-state index in [9.17, 15) is 9.18 Å². The van der Waals surface area contributed by atoms with Gasteiger partial charge in [-0.25, -0.2) is 4.39 Å². The fourth-order valence-electron chi connectivity index (χ4n) is 3.14. The van der Waals surface area contributed by atoms with Crippen molar-refractivity contribution in [3.05, 3.63) is 87.6 Å². The molecule has 4 rings (SSSR count). The number of rotatable bonds is 3. The van der Waals surface area contributed by atoms with E-state index in [-0.39, 0.29) is 22.5 Å². The van der Waals surface area contributed by atoms with Gasteiger partial charge < -0.3 is 9.64 Å². The smallest absolute Gasteiger partial charge is 0.292 e. The number of hydrogen-bond donors (Lipinski definition) is 0. The zero-order valence-electron chi connectivity index (χ0n) is 14.4.